The van der Waals surface area contributed by atoms with Crippen LogP contribution >= 0.6 is 0 Å². The van der Waals surface area contributed by atoms with Crippen molar-refractivity contribution in [3.8, 4) is 0 Å². The van der Waals surface area contributed by atoms with E-state index in [9.17, 15) is 14.9 Å². The Bertz CT molecular complexity index is 877. The Kier molecular flexibility index (Phi) is 2.86. The van der Waals surface area contributed by atoms with Gasteiger partial charge in [-0.3, -0.25) is 0 Å². The maximum Gasteiger partial charge on any atom is 0.354 e. The minimum absolute atomic E-state index is 0.0780. The molecule has 3 heterocycles. The third-order valence-corrected chi connectivity index (χ3v) is 3.20. The average Bonchev–Trinajstić information content (AvgIpc) is 2.98. The van der Waals surface area contributed by atoms with Gasteiger partial charge in [-0.05, 0) is 24.8 Å². The van der Waals surface area contributed by atoms with Gasteiger partial charge in [0.2, 0.25) is 5.65 Å². The van der Waals surface area contributed by atoms with Crippen molar-refractivity contribution in [2.75, 3.05) is 6.61 Å². The number of fused-ring (bicyclic) bond motifs is 3. The summed E-state index contributed by atoms with van der Waals surface area (Å²) < 4.78 is 6.33. The minimum Gasteiger partial charge on any atom is -0.461 e. The fourth-order valence-corrected chi connectivity index (χ4v) is 2.34. The van der Waals surface area contributed by atoms with Gasteiger partial charge in [0, 0.05) is 6.07 Å². The molecule has 3 aromatic heterocycles. The Morgan fingerprint density at radius 3 is 3.00 bits per heavy atom. The highest BCUT2D eigenvalue weighted by Crippen LogP contribution is 2.26. The Morgan fingerprint density at radius 1 is 1.57 bits per heavy atom. The molecular formula is C13H12N4O4. The van der Waals surface area contributed by atoms with Crippen LogP contribution in [0.2, 0.25) is 0 Å². The number of ether oxygens (including phenoxy) is 1. The second-order valence-electron chi connectivity index (χ2n) is 4.52. The van der Waals surface area contributed by atoms with Crippen LogP contribution < -0.4 is 0 Å². The van der Waals surface area contributed by atoms with E-state index in [1.165, 1.54) is 4.40 Å². The molecule has 108 valence electrons. The zero-order chi connectivity index (χ0) is 15.1. The maximum atomic E-state index is 11.7. The van der Waals surface area contributed by atoms with Crippen LogP contribution in [0.25, 0.3) is 16.6 Å². The van der Waals surface area contributed by atoms with E-state index < -0.39 is 10.9 Å². The van der Waals surface area contributed by atoms with Crippen molar-refractivity contribution in [2.45, 2.75) is 13.8 Å². The van der Waals surface area contributed by atoms with Gasteiger partial charge in [0.1, 0.15) is 17.6 Å². The highest BCUT2D eigenvalue weighted by molar-refractivity contribution is 6.00. The number of nitrogens with one attached hydrogen (secondary N) is 1. The van der Waals surface area contributed by atoms with Crippen molar-refractivity contribution in [1.29, 1.82) is 0 Å². The standard InChI is InChI=1S/C13H12N4O4/c1-3-21-13(18)10-6-8-9(15-10)4-5-16-11(8)14-7(2)12(16)17(19)20/h4-6,15H,3H2,1-2H3. The number of nitrogens with zero attached hydrogens (tertiary/aromatic N) is 3. The first-order chi connectivity index (χ1) is 10.0. The predicted octanol–water partition coefficient (Wildman–Crippen LogP) is 2.21. The highest BCUT2D eigenvalue weighted by Gasteiger charge is 2.22. The van der Waals surface area contributed by atoms with E-state index in [0.29, 0.717) is 27.9 Å². The zero-order valence-electron chi connectivity index (χ0n) is 11.4. The van der Waals surface area contributed by atoms with Gasteiger partial charge >= 0.3 is 11.8 Å². The van der Waals surface area contributed by atoms with E-state index in [2.05, 4.69) is 9.97 Å². The van der Waals surface area contributed by atoms with Gasteiger partial charge in [0.05, 0.1) is 17.5 Å². The number of carbonyl (C=O) groups is 1. The fraction of sp³-hybridized carbons (Fsp3) is 0.231. The Balaban J connectivity index is 2.26. The number of hydrogen-bond acceptors (Lipinski definition) is 5. The Labute approximate surface area is 118 Å². The lowest BCUT2D eigenvalue weighted by Crippen LogP contribution is -2.04. The molecule has 0 fully saturated rings. The van der Waals surface area contributed by atoms with Gasteiger partial charge in [-0.2, -0.15) is 4.40 Å². The lowest BCUT2D eigenvalue weighted by atomic mass is 10.3. The summed E-state index contributed by atoms with van der Waals surface area (Å²) in [5.41, 5.74) is 1.73. The average molecular weight is 288 g/mol. The molecule has 0 aromatic carbocycles. The quantitative estimate of drug-likeness (QED) is 0.452. The fourth-order valence-electron chi connectivity index (χ4n) is 2.34. The van der Waals surface area contributed by atoms with E-state index >= 15 is 0 Å². The third-order valence-electron chi connectivity index (χ3n) is 3.20. The molecule has 0 amide bonds. The molecule has 8 heteroatoms. The van der Waals surface area contributed by atoms with Crippen molar-refractivity contribution >= 4 is 28.3 Å². The third kappa shape index (κ3) is 1.92. The second-order valence-corrected chi connectivity index (χ2v) is 4.52. The molecule has 0 unspecified atom stereocenters. The number of aromatic nitrogens is 3. The smallest absolute Gasteiger partial charge is 0.354 e. The molecule has 0 aliphatic carbocycles. The predicted molar refractivity (Wildman–Crippen MR) is 74.4 cm³/mol. The summed E-state index contributed by atoms with van der Waals surface area (Å²) in [6, 6.07) is 3.26. The molecule has 0 aliphatic rings. The van der Waals surface area contributed by atoms with Crippen LogP contribution in [0.1, 0.15) is 23.1 Å². The first-order valence-electron chi connectivity index (χ1n) is 6.34. The number of rotatable bonds is 3. The molecule has 0 aliphatic heterocycles. The van der Waals surface area contributed by atoms with Crippen LogP contribution in [-0.2, 0) is 4.74 Å². The molecular weight excluding hydrogens is 276 g/mol. The van der Waals surface area contributed by atoms with E-state index in [1.807, 2.05) is 0 Å². The zero-order valence-corrected chi connectivity index (χ0v) is 11.4. The number of H-pyrrole nitrogens is 1. The molecule has 0 radical (unpaired) electrons. The molecule has 3 rings (SSSR count). The molecule has 8 nitrogen and oxygen atoms in total. The molecule has 0 atom stereocenters. The van der Waals surface area contributed by atoms with Gasteiger partial charge in [-0.15, -0.1) is 0 Å². The summed E-state index contributed by atoms with van der Waals surface area (Å²) in [6.45, 7) is 3.58. The minimum atomic E-state index is -0.472. The van der Waals surface area contributed by atoms with Gasteiger partial charge < -0.3 is 19.8 Å². The van der Waals surface area contributed by atoms with Crippen LogP contribution in [0, 0.1) is 17.0 Å². The SMILES string of the molecule is CCOC(=O)c1cc2c(ccn3c([N+](=O)[O-])c(C)nc23)[nH]1. The molecule has 0 saturated carbocycles. The first-order valence-corrected chi connectivity index (χ1v) is 6.34. The topological polar surface area (TPSA) is 103 Å². The van der Waals surface area contributed by atoms with E-state index in [0.717, 1.165) is 0 Å². The molecule has 3 aromatic rings. The van der Waals surface area contributed by atoms with E-state index in [-0.39, 0.29) is 12.4 Å². The van der Waals surface area contributed by atoms with Crippen LogP contribution in [0.15, 0.2) is 18.3 Å². The lowest BCUT2D eigenvalue weighted by molar-refractivity contribution is -0.390. The van der Waals surface area contributed by atoms with Crippen LogP contribution in [0.4, 0.5) is 5.82 Å². The molecule has 1 N–H and O–H groups in total. The first kappa shape index (κ1) is 13.1. The largest absolute Gasteiger partial charge is 0.461 e. The number of imidazole rings is 1. The van der Waals surface area contributed by atoms with Crippen LogP contribution in [-0.4, -0.2) is 31.9 Å². The second kappa shape index (κ2) is 4.58. The van der Waals surface area contributed by atoms with Gasteiger partial charge in [0.15, 0.2) is 0 Å². The number of aromatic amines is 1. The Hall–Kier alpha value is -2.90. The van der Waals surface area contributed by atoms with Crippen molar-refractivity contribution in [3.63, 3.8) is 0 Å². The lowest BCUT2D eigenvalue weighted by Gasteiger charge is -1.96. The molecule has 0 bridgehead atoms. The van der Waals surface area contributed by atoms with Crippen LogP contribution in [0.5, 0.6) is 0 Å². The maximum absolute atomic E-state index is 11.7. The summed E-state index contributed by atoms with van der Waals surface area (Å²) in [5.74, 6) is -0.546. The summed E-state index contributed by atoms with van der Waals surface area (Å²) in [5, 5.41) is 11.7. The number of carbonyl (C=O) groups excluding carboxylic acids is 1. The summed E-state index contributed by atoms with van der Waals surface area (Å²) in [6.07, 6.45) is 1.56. The van der Waals surface area contributed by atoms with Crippen molar-refractivity contribution in [1.82, 2.24) is 14.4 Å². The number of nitro groups is 1. The monoisotopic (exact) mass is 288 g/mol. The summed E-state index contributed by atoms with van der Waals surface area (Å²) in [4.78, 5) is 29.5. The van der Waals surface area contributed by atoms with Crippen molar-refractivity contribution < 1.29 is 14.5 Å². The van der Waals surface area contributed by atoms with Crippen molar-refractivity contribution in [2.24, 2.45) is 0 Å². The highest BCUT2D eigenvalue weighted by atomic mass is 16.6. The summed E-state index contributed by atoms with van der Waals surface area (Å²) >= 11 is 0. The van der Waals surface area contributed by atoms with Gasteiger partial charge in [-0.1, -0.05) is 0 Å². The Morgan fingerprint density at radius 2 is 2.33 bits per heavy atom. The van der Waals surface area contributed by atoms with Crippen molar-refractivity contribution in [3.05, 3.63) is 39.8 Å². The van der Waals surface area contributed by atoms with Gasteiger partial charge in [0.25, 0.3) is 0 Å². The normalized spacial score (nSPS) is 11.1. The number of esters is 1. The summed E-state index contributed by atoms with van der Waals surface area (Å²) in [7, 11) is 0. The molecule has 0 saturated heterocycles. The number of hydrogen-bond donors (Lipinski definition) is 1. The van der Waals surface area contributed by atoms with Gasteiger partial charge in [-0.25, -0.2) is 9.78 Å². The van der Waals surface area contributed by atoms with Crippen LogP contribution in [0.3, 0.4) is 0 Å². The number of pyridine rings is 1. The molecule has 21 heavy (non-hydrogen) atoms. The number of aryl methyl sites for hydroxylation is 1. The molecule has 0 spiro atoms. The van der Waals surface area contributed by atoms with E-state index in [1.54, 1.807) is 32.2 Å². The van der Waals surface area contributed by atoms with E-state index in [4.69, 9.17) is 4.74 Å².